The molecule has 2 aliphatic heterocycles. The molecule has 2 aliphatic rings. The summed E-state index contributed by atoms with van der Waals surface area (Å²) in [6, 6.07) is 0.164. The van der Waals surface area contributed by atoms with Gasteiger partial charge in [-0.2, -0.15) is 30.7 Å². The maximum Gasteiger partial charge on any atom is 0.416 e. The predicted octanol–water partition coefficient (Wildman–Crippen LogP) is 3.64. The maximum atomic E-state index is 13.1. The van der Waals surface area contributed by atoms with Crippen molar-refractivity contribution in [1.29, 1.82) is 0 Å². The number of halogens is 6. The summed E-state index contributed by atoms with van der Waals surface area (Å²) in [4.78, 5) is 18.0. The van der Waals surface area contributed by atoms with Gasteiger partial charge in [0.2, 0.25) is 5.82 Å². The fourth-order valence-electron chi connectivity index (χ4n) is 3.91. The first-order valence-corrected chi connectivity index (χ1v) is 12.1. The zero-order chi connectivity index (χ0) is 26.6. The number of morpholine rings is 1. The van der Waals surface area contributed by atoms with Gasteiger partial charge in [-0.05, 0) is 18.2 Å². The van der Waals surface area contributed by atoms with Crippen LogP contribution in [0.1, 0.15) is 11.1 Å². The third kappa shape index (κ3) is 7.13. The highest BCUT2D eigenvalue weighted by Gasteiger charge is 2.37. The molecular weight excluding hydrogens is 530 g/mol. The van der Waals surface area contributed by atoms with Crippen LogP contribution in [0.15, 0.2) is 18.2 Å². The van der Waals surface area contributed by atoms with Gasteiger partial charge in [-0.25, -0.2) is 4.79 Å². The van der Waals surface area contributed by atoms with Crippen molar-refractivity contribution in [2.45, 2.75) is 12.4 Å². The van der Waals surface area contributed by atoms with Gasteiger partial charge in [0.05, 0.1) is 36.1 Å². The summed E-state index contributed by atoms with van der Waals surface area (Å²) in [5.74, 6) is 0.902. The first-order chi connectivity index (χ1) is 17.5. The monoisotopic (exact) mass is 554 g/mol. The van der Waals surface area contributed by atoms with Crippen molar-refractivity contribution in [1.82, 2.24) is 18.5 Å². The molecule has 0 aliphatic carbocycles. The molecule has 16 heteroatoms. The Morgan fingerprint density at radius 3 is 2.16 bits per heavy atom. The third-order valence-electron chi connectivity index (χ3n) is 5.90. The predicted molar refractivity (Wildman–Crippen MR) is 122 cm³/mol. The van der Waals surface area contributed by atoms with E-state index >= 15 is 0 Å². The Hall–Kier alpha value is -2.85. The van der Waals surface area contributed by atoms with E-state index in [9.17, 15) is 31.1 Å². The highest BCUT2D eigenvalue weighted by Crippen LogP contribution is 2.37. The molecule has 1 aromatic carbocycles. The Morgan fingerprint density at radius 2 is 1.57 bits per heavy atom. The molecule has 4 rings (SSSR count). The minimum absolute atomic E-state index is 0.0108. The molecule has 0 spiro atoms. The van der Waals surface area contributed by atoms with E-state index in [0.29, 0.717) is 63.3 Å². The number of piperazine rings is 1. The largest absolute Gasteiger partial charge is 0.473 e. The third-order valence-corrected chi connectivity index (χ3v) is 6.40. The van der Waals surface area contributed by atoms with Crippen LogP contribution in [-0.2, 0) is 17.1 Å². The van der Waals surface area contributed by atoms with Crippen LogP contribution in [0.2, 0.25) is 0 Å². The van der Waals surface area contributed by atoms with Crippen LogP contribution in [0.4, 0.5) is 42.6 Å². The maximum absolute atomic E-state index is 13.1. The van der Waals surface area contributed by atoms with Crippen LogP contribution < -0.4 is 15.0 Å². The van der Waals surface area contributed by atoms with Gasteiger partial charge in [-0.3, -0.25) is 4.90 Å². The van der Waals surface area contributed by atoms with Gasteiger partial charge < -0.3 is 24.6 Å². The number of hydrogen-bond acceptors (Lipinski definition) is 8. The second-order valence-electron chi connectivity index (χ2n) is 8.39. The van der Waals surface area contributed by atoms with Crippen molar-refractivity contribution in [3.05, 3.63) is 29.3 Å². The lowest BCUT2D eigenvalue weighted by atomic mass is 10.1. The Bertz CT molecular complexity index is 1040. The molecule has 3 heterocycles. The molecule has 1 N–H and O–H groups in total. The van der Waals surface area contributed by atoms with E-state index < -0.39 is 35.2 Å². The average Bonchev–Trinajstić information content (AvgIpc) is 3.32. The van der Waals surface area contributed by atoms with Crippen LogP contribution in [0.3, 0.4) is 0 Å². The molecule has 2 aromatic rings. The van der Waals surface area contributed by atoms with Gasteiger partial charge >= 0.3 is 18.4 Å². The number of urea groups is 1. The lowest BCUT2D eigenvalue weighted by Gasteiger charge is -2.35. The number of anilines is 2. The molecule has 0 atom stereocenters. The molecule has 0 bridgehead atoms. The van der Waals surface area contributed by atoms with Gasteiger partial charge in [0, 0.05) is 51.5 Å². The van der Waals surface area contributed by atoms with E-state index in [1.165, 1.54) is 4.90 Å². The quantitative estimate of drug-likeness (QED) is 0.546. The number of amides is 2. The second kappa shape index (κ2) is 11.3. The molecule has 1 aromatic heterocycles. The summed E-state index contributed by atoms with van der Waals surface area (Å²) >= 11 is 0.984. The van der Waals surface area contributed by atoms with Gasteiger partial charge in [0.15, 0.2) is 0 Å². The van der Waals surface area contributed by atoms with Crippen molar-refractivity contribution in [2.24, 2.45) is 0 Å². The second-order valence-corrected chi connectivity index (χ2v) is 8.92. The zero-order valence-corrected chi connectivity index (χ0v) is 20.3. The SMILES string of the molecule is O=C(Nc1cc(C(F)(F)F)cc(C(F)(F)F)c1)N1CCN(c2nsnc2OCCN2CCOCC2)CC1. The first-order valence-electron chi connectivity index (χ1n) is 11.4. The highest BCUT2D eigenvalue weighted by atomic mass is 32.1. The standard InChI is InChI=1S/C21H24F6N6O3S/c22-20(23,24)14-11-15(21(25,26)27)13-16(12-14)28-19(34)33-3-1-32(2-4-33)17-18(30-37-29-17)36-10-7-31-5-8-35-9-6-31/h11-13H,1-10H2,(H,28,34). The van der Waals surface area contributed by atoms with Crippen LogP contribution in [0.5, 0.6) is 5.88 Å². The molecule has 0 unspecified atom stereocenters. The smallest absolute Gasteiger partial charge is 0.416 e. The number of carbonyl (C=O) groups excluding carboxylic acids is 1. The minimum atomic E-state index is -5.00. The lowest BCUT2D eigenvalue weighted by Crippen LogP contribution is -2.50. The van der Waals surface area contributed by atoms with Crippen LogP contribution in [0.25, 0.3) is 0 Å². The molecule has 37 heavy (non-hydrogen) atoms. The molecule has 0 radical (unpaired) electrons. The number of aromatic nitrogens is 2. The van der Waals surface area contributed by atoms with E-state index in [1.807, 2.05) is 4.90 Å². The molecule has 204 valence electrons. The summed E-state index contributed by atoms with van der Waals surface area (Å²) in [6.45, 7) is 5.13. The van der Waals surface area contributed by atoms with Crippen LogP contribution >= 0.6 is 11.7 Å². The van der Waals surface area contributed by atoms with Gasteiger partial charge in [-0.1, -0.05) is 0 Å². The van der Waals surface area contributed by atoms with Crippen LogP contribution in [0, 0.1) is 0 Å². The molecular formula is C21H24F6N6O3S. The number of benzene rings is 1. The number of nitrogens with one attached hydrogen (secondary N) is 1. The Labute approximate surface area is 212 Å². The summed E-state index contributed by atoms with van der Waals surface area (Å²) < 4.78 is 98.1. The molecule has 2 amide bonds. The molecule has 0 saturated carbocycles. The number of ether oxygens (including phenoxy) is 2. The van der Waals surface area contributed by atoms with Gasteiger partial charge in [0.1, 0.15) is 6.61 Å². The van der Waals surface area contributed by atoms with E-state index in [2.05, 4.69) is 19.0 Å². The highest BCUT2D eigenvalue weighted by molar-refractivity contribution is 6.99. The van der Waals surface area contributed by atoms with E-state index in [1.54, 1.807) is 0 Å². The van der Waals surface area contributed by atoms with E-state index in [-0.39, 0.29) is 19.2 Å². The lowest BCUT2D eigenvalue weighted by molar-refractivity contribution is -0.143. The first kappa shape index (κ1) is 27.2. The number of nitrogens with zero attached hydrogens (tertiary/aromatic N) is 5. The van der Waals surface area contributed by atoms with Crippen molar-refractivity contribution in [2.75, 3.05) is 75.9 Å². The topological polar surface area (TPSA) is 83.1 Å². The van der Waals surface area contributed by atoms with E-state index in [4.69, 9.17) is 9.47 Å². The molecule has 2 fully saturated rings. The Balaban J connectivity index is 1.32. The Kier molecular flexibility index (Phi) is 8.28. The number of carbonyl (C=O) groups is 1. The van der Waals surface area contributed by atoms with Crippen molar-refractivity contribution in [3.63, 3.8) is 0 Å². The average molecular weight is 555 g/mol. The summed E-state index contributed by atoms with van der Waals surface area (Å²) in [6.07, 6.45) is -10.0. The molecule has 9 nitrogen and oxygen atoms in total. The fraction of sp³-hybridized carbons (Fsp3) is 0.571. The van der Waals surface area contributed by atoms with E-state index in [0.717, 1.165) is 24.8 Å². The summed E-state index contributed by atoms with van der Waals surface area (Å²) in [5.41, 5.74) is -3.59. The minimum Gasteiger partial charge on any atom is -0.473 e. The van der Waals surface area contributed by atoms with Crippen LogP contribution in [-0.4, -0.2) is 90.2 Å². The fourth-order valence-corrected chi connectivity index (χ4v) is 4.43. The molecule has 2 saturated heterocycles. The number of alkyl halides is 6. The van der Waals surface area contributed by atoms with Gasteiger partial charge in [-0.15, -0.1) is 4.37 Å². The van der Waals surface area contributed by atoms with Crippen molar-refractivity contribution in [3.8, 4) is 5.88 Å². The summed E-state index contributed by atoms with van der Waals surface area (Å²) in [7, 11) is 0. The van der Waals surface area contributed by atoms with Gasteiger partial charge in [0.25, 0.3) is 5.88 Å². The normalized spacial score (nSPS) is 17.7. The Morgan fingerprint density at radius 1 is 0.946 bits per heavy atom. The zero-order valence-electron chi connectivity index (χ0n) is 19.4. The summed E-state index contributed by atoms with van der Waals surface area (Å²) in [5, 5.41) is 2.16. The number of hydrogen-bond donors (Lipinski definition) is 1. The van der Waals surface area contributed by atoms with Crippen molar-refractivity contribution < 1.29 is 40.6 Å². The number of rotatable bonds is 6. The van der Waals surface area contributed by atoms with Crippen molar-refractivity contribution >= 4 is 29.3 Å².